The molecule has 1 aromatic heterocycles. The number of fused-ring (bicyclic) bond motifs is 1. The first kappa shape index (κ1) is 23.7. The van der Waals surface area contributed by atoms with Crippen LogP contribution in [-0.2, 0) is 4.79 Å². The van der Waals surface area contributed by atoms with Gasteiger partial charge in [0.25, 0.3) is 0 Å². The fourth-order valence-corrected chi connectivity index (χ4v) is 3.15. The number of nitrogens with one attached hydrogen (secondary N) is 1. The van der Waals surface area contributed by atoms with Crippen LogP contribution >= 0.6 is 0 Å². The van der Waals surface area contributed by atoms with Crippen LogP contribution in [0, 0.1) is 12.8 Å². The van der Waals surface area contributed by atoms with Gasteiger partial charge in [-0.05, 0) is 43.7 Å². The van der Waals surface area contributed by atoms with Crippen molar-refractivity contribution >= 4 is 16.8 Å². The highest BCUT2D eigenvalue weighted by Gasteiger charge is 2.03. The number of unbranched alkanes of at least 4 members (excludes halogenated alkanes) is 5. The van der Waals surface area contributed by atoms with Crippen LogP contribution < -0.4 is 10.1 Å². The molecule has 1 aromatic carbocycles. The van der Waals surface area contributed by atoms with E-state index in [4.69, 9.17) is 4.74 Å². The summed E-state index contributed by atoms with van der Waals surface area (Å²) in [7, 11) is 0. The summed E-state index contributed by atoms with van der Waals surface area (Å²) in [6.07, 6.45) is 14.4. The normalized spacial score (nSPS) is 11.7. The van der Waals surface area contributed by atoms with E-state index in [0.717, 1.165) is 30.8 Å². The van der Waals surface area contributed by atoms with Crippen molar-refractivity contribution < 1.29 is 9.53 Å². The van der Waals surface area contributed by atoms with Gasteiger partial charge in [0.1, 0.15) is 0 Å². The van der Waals surface area contributed by atoms with Gasteiger partial charge in [-0.25, -0.2) is 4.98 Å². The quantitative estimate of drug-likeness (QED) is 0.246. The predicted molar refractivity (Wildman–Crippen MR) is 126 cm³/mol. The van der Waals surface area contributed by atoms with E-state index in [9.17, 15) is 4.79 Å². The number of pyridine rings is 1. The molecule has 0 spiro atoms. The fraction of sp³-hybridized carbons (Fsp3) is 0.462. The van der Waals surface area contributed by atoms with Crippen molar-refractivity contribution in [1.29, 1.82) is 0 Å². The number of hydrogen-bond donors (Lipinski definition) is 1. The zero-order valence-corrected chi connectivity index (χ0v) is 18.7. The Kier molecular flexibility index (Phi) is 10.7. The molecule has 0 bridgehead atoms. The molecule has 0 unspecified atom stereocenters. The summed E-state index contributed by atoms with van der Waals surface area (Å²) in [5, 5.41) is 4.05. The molecule has 0 saturated carbocycles. The number of carbonyl (C=O) groups excluding carboxylic acids is 1. The third kappa shape index (κ3) is 9.25. The molecule has 4 heteroatoms. The first-order chi connectivity index (χ1) is 14.6. The molecule has 0 radical (unpaired) electrons. The van der Waals surface area contributed by atoms with Gasteiger partial charge in [-0.15, -0.1) is 0 Å². The molecular formula is C26H36N2O2. The van der Waals surface area contributed by atoms with Crippen molar-refractivity contribution in [1.82, 2.24) is 10.3 Å². The van der Waals surface area contributed by atoms with Gasteiger partial charge in [-0.3, -0.25) is 4.79 Å². The zero-order chi connectivity index (χ0) is 21.6. The summed E-state index contributed by atoms with van der Waals surface area (Å²) in [5.41, 5.74) is 2.20. The summed E-state index contributed by atoms with van der Waals surface area (Å²) >= 11 is 0. The maximum atomic E-state index is 11.5. The number of allylic oxidation sites excluding steroid dienone is 3. The molecule has 0 aliphatic heterocycles. The van der Waals surface area contributed by atoms with E-state index in [2.05, 4.69) is 43.2 Å². The summed E-state index contributed by atoms with van der Waals surface area (Å²) < 4.78 is 5.85. The largest absolute Gasteiger partial charge is 0.478 e. The van der Waals surface area contributed by atoms with E-state index in [1.165, 1.54) is 36.6 Å². The lowest BCUT2D eigenvalue weighted by atomic mass is 10.1. The third-order valence-corrected chi connectivity index (χ3v) is 4.84. The highest BCUT2D eigenvalue weighted by molar-refractivity contribution is 5.87. The standard InChI is InChI=1S/C26H36N2O2/c1-21(2)20-27-25(29)17-11-9-7-5-4-6-8-10-14-18-30-26-19-22(3)23-15-12-13-16-24(23)28-26/h7,9,11-13,15-17,19,21H,4-6,8,10,14,18,20H2,1-3H3,(H,27,29)/b9-7+,17-11+. The summed E-state index contributed by atoms with van der Waals surface area (Å²) in [4.78, 5) is 16.1. The van der Waals surface area contributed by atoms with Gasteiger partial charge < -0.3 is 10.1 Å². The van der Waals surface area contributed by atoms with Crippen LogP contribution in [0.15, 0.2) is 54.6 Å². The van der Waals surface area contributed by atoms with Gasteiger partial charge >= 0.3 is 0 Å². The highest BCUT2D eigenvalue weighted by atomic mass is 16.5. The van der Waals surface area contributed by atoms with Crippen molar-refractivity contribution in [3.63, 3.8) is 0 Å². The maximum absolute atomic E-state index is 11.5. The smallest absolute Gasteiger partial charge is 0.243 e. The van der Waals surface area contributed by atoms with Crippen molar-refractivity contribution in [2.24, 2.45) is 5.92 Å². The van der Waals surface area contributed by atoms with Crippen LogP contribution in [0.4, 0.5) is 0 Å². The number of ether oxygens (including phenoxy) is 1. The molecule has 0 aliphatic rings. The van der Waals surface area contributed by atoms with E-state index in [0.29, 0.717) is 12.5 Å². The van der Waals surface area contributed by atoms with Crippen LogP contribution in [0.5, 0.6) is 5.88 Å². The van der Waals surface area contributed by atoms with Gasteiger partial charge in [0.2, 0.25) is 11.8 Å². The van der Waals surface area contributed by atoms with Crippen LogP contribution in [0.1, 0.15) is 57.9 Å². The third-order valence-electron chi connectivity index (χ3n) is 4.84. The number of para-hydroxylation sites is 1. The Morgan fingerprint density at radius 3 is 2.70 bits per heavy atom. The topological polar surface area (TPSA) is 51.2 Å². The monoisotopic (exact) mass is 408 g/mol. The van der Waals surface area contributed by atoms with Gasteiger partial charge in [0, 0.05) is 24.1 Å². The second-order valence-corrected chi connectivity index (χ2v) is 8.13. The fourth-order valence-electron chi connectivity index (χ4n) is 3.15. The highest BCUT2D eigenvalue weighted by Crippen LogP contribution is 2.21. The first-order valence-electron chi connectivity index (χ1n) is 11.2. The Hall–Kier alpha value is -2.62. The lowest BCUT2D eigenvalue weighted by Crippen LogP contribution is -2.25. The van der Waals surface area contributed by atoms with Crippen molar-refractivity contribution in [2.75, 3.05) is 13.2 Å². The maximum Gasteiger partial charge on any atom is 0.243 e. The van der Waals surface area contributed by atoms with Crippen LogP contribution in [-0.4, -0.2) is 24.0 Å². The lowest BCUT2D eigenvalue weighted by Gasteiger charge is -2.08. The second-order valence-electron chi connectivity index (χ2n) is 8.13. The van der Waals surface area contributed by atoms with E-state index in [1.54, 1.807) is 6.08 Å². The molecule has 2 rings (SSSR count). The number of hydrogen-bond acceptors (Lipinski definition) is 3. The van der Waals surface area contributed by atoms with Crippen molar-refractivity contribution in [3.05, 3.63) is 60.2 Å². The molecule has 0 fully saturated rings. The van der Waals surface area contributed by atoms with Gasteiger partial charge in [0.15, 0.2) is 0 Å². The Bertz CT molecular complexity index is 840. The van der Waals surface area contributed by atoms with Crippen LogP contribution in [0.25, 0.3) is 10.9 Å². The first-order valence-corrected chi connectivity index (χ1v) is 11.2. The lowest BCUT2D eigenvalue weighted by molar-refractivity contribution is -0.116. The molecule has 2 aromatic rings. The molecule has 30 heavy (non-hydrogen) atoms. The van der Waals surface area contributed by atoms with Crippen molar-refractivity contribution in [2.45, 2.75) is 59.3 Å². The SMILES string of the molecule is Cc1cc(OCCCCCCC/C=C/C=C/C(=O)NCC(C)C)nc2ccccc12. The summed E-state index contributed by atoms with van der Waals surface area (Å²) in [6.45, 7) is 7.70. The average Bonchev–Trinajstić information content (AvgIpc) is 2.73. The molecule has 0 atom stereocenters. The number of aromatic nitrogens is 1. The molecule has 1 amide bonds. The molecule has 0 aliphatic carbocycles. The van der Waals surface area contributed by atoms with E-state index < -0.39 is 0 Å². The molecule has 162 valence electrons. The number of aryl methyl sites for hydroxylation is 1. The predicted octanol–water partition coefficient (Wildman–Crippen LogP) is 6.15. The second kappa shape index (κ2) is 13.6. The van der Waals surface area contributed by atoms with Crippen LogP contribution in [0.2, 0.25) is 0 Å². The molecule has 0 saturated heterocycles. The van der Waals surface area contributed by atoms with E-state index in [1.807, 2.05) is 36.4 Å². The molecule has 4 nitrogen and oxygen atoms in total. The minimum atomic E-state index is -0.0235. The van der Waals surface area contributed by atoms with Crippen molar-refractivity contribution in [3.8, 4) is 5.88 Å². The molecule has 1 heterocycles. The Morgan fingerprint density at radius 1 is 1.10 bits per heavy atom. The minimum absolute atomic E-state index is 0.0235. The number of amides is 1. The minimum Gasteiger partial charge on any atom is -0.478 e. The Morgan fingerprint density at radius 2 is 1.87 bits per heavy atom. The summed E-state index contributed by atoms with van der Waals surface area (Å²) in [6, 6.07) is 10.2. The van der Waals surface area contributed by atoms with Gasteiger partial charge in [-0.2, -0.15) is 0 Å². The average molecular weight is 409 g/mol. The molecule has 1 N–H and O–H groups in total. The van der Waals surface area contributed by atoms with E-state index in [-0.39, 0.29) is 5.91 Å². The number of benzene rings is 1. The molecular weight excluding hydrogens is 372 g/mol. The number of nitrogens with zero attached hydrogens (tertiary/aromatic N) is 1. The van der Waals surface area contributed by atoms with E-state index >= 15 is 0 Å². The number of rotatable bonds is 13. The van der Waals surface area contributed by atoms with Gasteiger partial charge in [0.05, 0.1) is 12.1 Å². The van der Waals surface area contributed by atoms with Gasteiger partial charge in [-0.1, -0.05) is 69.5 Å². The Balaban J connectivity index is 1.50. The summed E-state index contributed by atoms with van der Waals surface area (Å²) in [5.74, 6) is 1.18. The zero-order valence-electron chi connectivity index (χ0n) is 18.7. The van der Waals surface area contributed by atoms with Crippen LogP contribution in [0.3, 0.4) is 0 Å². The number of carbonyl (C=O) groups is 1. The Labute approximate surface area is 181 Å².